The number of hydrogen-bond donors (Lipinski definition) is 1. The molecule has 2 amide bonds. The van der Waals surface area contributed by atoms with Gasteiger partial charge in [0.15, 0.2) is 0 Å². The Bertz CT molecular complexity index is 671. The fourth-order valence-electron chi connectivity index (χ4n) is 2.23. The first-order chi connectivity index (χ1) is 11.1. The van der Waals surface area contributed by atoms with E-state index in [4.69, 9.17) is 4.74 Å². The van der Waals surface area contributed by atoms with E-state index in [0.29, 0.717) is 12.2 Å². The number of ether oxygens (including phenoxy) is 1. The summed E-state index contributed by atoms with van der Waals surface area (Å²) in [6.07, 6.45) is 0. The molecular formula is C18H20N2O3. The average Bonchev–Trinajstić information content (AvgIpc) is 2.58. The van der Waals surface area contributed by atoms with E-state index < -0.39 is 0 Å². The third-order valence-electron chi connectivity index (χ3n) is 3.42. The number of carbonyl (C=O) groups is 2. The summed E-state index contributed by atoms with van der Waals surface area (Å²) in [5, 5.41) is 2.82. The smallest absolute Gasteiger partial charge is 0.240 e. The summed E-state index contributed by atoms with van der Waals surface area (Å²) in [6, 6.07) is 16.6. The Hall–Kier alpha value is -2.82. The Morgan fingerprint density at radius 3 is 2.35 bits per heavy atom. The second-order valence-electron chi connectivity index (χ2n) is 5.03. The quantitative estimate of drug-likeness (QED) is 0.891. The number of nitrogens with one attached hydrogen (secondary N) is 1. The monoisotopic (exact) mass is 312 g/mol. The van der Waals surface area contributed by atoms with Crippen LogP contribution in [0, 0.1) is 0 Å². The number of carbonyl (C=O) groups excluding carboxylic acids is 2. The third-order valence-corrected chi connectivity index (χ3v) is 3.42. The zero-order chi connectivity index (χ0) is 16.7. The van der Waals surface area contributed by atoms with Gasteiger partial charge in [-0.05, 0) is 18.2 Å². The molecule has 0 radical (unpaired) electrons. The summed E-state index contributed by atoms with van der Waals surface area (Å²) < 4.78 is 5.25. The normalized spacial score (nSPS) is 10.0. The Morgan fingerprint density at radius 1 is 1.04 bits per heavy atom. The van der Waals surface area contributed by atoms with E-state index in [1.165, 1.54) is 11.8 Å². The molecule has 0 spiro atoms. The van der Waals surface area contributed by atoms with Crippen molar-refractivity contribution in [2.45, 2.75) is 13.5 Å². The molecule has 23 heavy (non-hydrogen) atoms. The summed E-state index contributed by atoms with van der Waals surface area (Å²) in [4.78, 5) is 25.4. The van der Waals surface area contributed by atoms with Crippen molar-refractivity contribution in [2.75, 3.05) is 18.6 Å². The lowest BCUT2D eigenvalue weighted by Crippen LogP contribution is -2.39. The largest absolute Gasteiger partial charge is 0.496 e. The molecule has 0 aliphatic carbocycles. The minimum absolute atomic E-state index is 0.0193. The molecule has 0 fully saturated rings. The van der Waals surface area contributed by atoms with Gasteiger partial charge >= 0.3 is 0 Å². The summed E-state index contributed by atoms with van der Waals surface area (Å²) >= 11 is 0. The molecule has 5 nitrogen and oxygen atoms in total. The van der Waals surface area contributed by atoms with Crippen molar-refractivity contribution in [1.82, 2.24) is 5.32 Å². The summed E-state index contributed by atoms with van der Waals surface area (Å²) in [7, 11) is 1.59. The highest BCUT2D eigenvalue weighted by Gasteiger charge is 2.15. The number of nitrogens with zero attached hydrogens (tertiary/aromatic N) is 1. The average molecular weight is 312 g/mol. The molecule has 0 saturated heterocycles. The molecule has 1 N–H and O–H groups in total. The van der Waals surface area contributed by atoms with Gasteiger partial charge in [0, 0.05) is 24.7 Å². The van der Waals surface area contributed by atoms with Crippen LogP contribution in [0.5, 0.6) is 5.75 Å². The van der Waals surface area contributed by atoms with Crippen LogP contribution in [0.25, 0.3) is 0 Å². The van der Waals surface area contributed by atoms with Gasteiger partial charge in [0.2, 0.25) is 11.8 Å². The van der Waals surface area contributed by atoms with E-state index in [9.17, 15) is 9.59 Å². The zero-order valence-corrected chi connectivity index (χ0v) is 13.3. The molecule has 2 aromatic carbocycles. The first-order valence-corrected chi connectivity index (χ1v) is 7.33. The van der Waals surface area contributed by atoms with Crippen LogP contribution in [0.15, 0.2) is 54.6 Å². The molecule has 0 saturated carbocycles. The van der Waals surface area contributed by atoms with Gasteiger partial charge in [-0.15, -0.1) is 0 Å². The summed E-state index contributed by atoms with van der Waals surface area (Å²) in [5.74, 6) is 0.317. The molecule has 0 aliphatic rings. The van der Waals surface area contributed by atoms with Gasteiger partial charge < -0.3 is 15.0 Å². The van der Waals surface area contributed by atoms with Crippen LogP contribution in [0.2, 0.25) is 0 Å². The number of amides is 2. The molecule has 0 heterocycles. The maximum Gasteiger partial charge on any atom is 0.240 e. The zero-order valence-electron chi connectivity index (χ0n) is 13.3. The molecule has 5 heteroatoms. The van der Waals surface area contributed by atoms with Crippen molar-refractivity contribution in [3.8, 4) is 5.75 Å². The van der Waals surface area contributed by atoms with Crippen molar-refractivity contribution >= 4 is 17.5 Å². The Kier molecular flexibility index (Phi) is 5.74. The molecule has 0 unspecified atom stereocenters. The van der Waals surface area contributed by atoms with E-state index in [1.54, 1.807) is 19.2 Å². The minimum atomic E-state index is -0.227. The Labute approximate surface area is 135 Å². The fourth-order valence-corrected chi connectivity index (χ4v) is 2.23. The van der Waals surface area contributed by atoms with Crippen molar-refractivity contribution < 1.29 is 14.3 Å². The number of anilines is 1. The minimum Gasteiger partial charge on any atom is -0.496 e. The lowest BCUT2D eigenvalue weighted by atomic mass is 10.2. The number of hydrogen-bond acceptors (Lipinski definition) is 3. The first kappa shape index (κ1) is 16.5. The molecule has 0 atom stereocenters. The fraction of sp³-hybridized carbons (Fsp3) is 0.222. The lowest BCUT2D eigenvalue weighted by molar-refractivity contribution is -0.123. The van der Waals surface area contributed by atoms with E-state index in [-0.39, 0.29) is 18.4 Å². The molecule has 0 bridgehead atoms. The summed E-state index contributed by atoms with van der Waals surface area (Å²) in [5.41, 5.74) is 1.59. The number of methoxy groups -OCH3 is 1. The van der Waals surface area contributed by atoms with Gasteiger partial charge in [0.05, 0.1) is 7.11 Å². The van der Waals surface area contributed by atoms with Crippen molar-refractivity contribution in [3.63, 3.8) is 0 Å². The second-order valence-corrected chi connectivity index (χ2v) is 5.03. The highest BCUT2D eigenvalue weighted by atomic mass is 16.5. The standard InChI is InChI=1S/C18H20N2O3/c1-14(21)20(16-9-4-3-5-10-16)13-18(22)19-12-15-8-6-7-11-17(15)23-2/h3-11H,12-13H2,1-2H3,(H,19,22). The van der Waals surface area contributed by atoms with Crippen LogP contribution in [-0.2, 0) is 16.1 Å². The highest BCUT2D eigenvalue weighted by molar-refractivity contribution is 5.97. The third kappa shape index (κ3) is 4.57. The maximum atomic E-state index is 12.2. The lowest BCUT2D eigenvalue weighted by Gasteiger charge is -2.20. The number of rotatable bonds is 6. The molecule has 2 aromatic rings. The molecule has 0 aromatic heterocycles. The Balaban J connectivity index is 1.99. The van der Waals surface area contributed by atoms with E-state index in [2.05, 4.69) is 5.32 Å². The molecular weight excluding hydrogens is 292 g/mol. The van der Waals surface area contributed by atoms with E-state index in [1.807, 2.05) is 42.5 Å². The highest BCUT2D eigenvalue weighted by Crippen LogP contribution is 2.17. The number of para-hydroxylation sites is 2. The van der Waals surface area contributed by atoms with Gasteiger partial charge in [-0.1, -0.05) is 36.4 Å². The predicted octanol–water partition coefficient (Wildman–Crippen LogP) is 2.36. The molecule has 2 rings (SSSR count). The van der Waals surface area contributed by atoms with Crippen LogP contribution < -0.4 is 15.0 Å². The van der Waals surface area contributed by atoms with Gasteiger partial charge in [-0.2, -0.15) is 0 Å². The maximum absolute atomic E-state index is 12.2. The van der Waals surface area contributed by atoms with Gasteiger partial charge in [0.25, 0.3) is 0 Å². The first-order valence-electron chi connectivity index (χ1n) is 7.33. The predicted molar refractivity (Wildman–Crippen MR) is 89.3 cm³/mol. The van der Waals surface area contributed by atoms with Crippen LogP contribution in [0.3, 0.4) is 0 Å². The van der Waals surface area contributed by atoms with E-state index >= 15 is 0 Å². The Morgan fingerprint density at radius 2 is 1.70 bits per heavy atom. The summed E-state index contributed by atoms with van der Waals surface area (Å²) in [6.45, 7) is 1.78. The molecule has 120 valence electrons. The van der Waals surface area contributed by atoms with Gasteiger partial charge in [-0.25, -0.2) is 0 Å². The van der Waals surface area contributed by atoms with Gasteiger partial charge in [-0.3, -0.25) is 9.59 Å². The van der Waals surface area contributed by atoms with Crippen LogP contribution in [-0.4, -0.2) is 25.5 Å². The van der Waals surface area contributed by atoms with Gasteiger partial charge in [0.1, 0.15) is 12.3 Å². The van der Waals surface area contributed by atoms with Crippen molar-refractivity contribution in [1.29, 1.82) is 0 Å². The SMILES string of the molecule is COc1ccccc1CNC(=O)CN(C(C)=O)c1ccccc1. The van der Waals surface area contributed by atoms with Crippen LogP contribution in [0.1, 0.15) is 12.5 Å². The topological polar surface area (TPSA) is 58.6 Å². The van der Waals surface area contributed by atoms with Crippen molar-refractivity contribution in [3.05, 3.63) is 60.2 Å². The van der Waals surface area contributed by atoms with Crippen LogP contribution in [0.4, 0.5) is 5.69 Å². The van der Waals surface area contributed by atoms with Crippen molar-refractivity contribution in [2.24, 2.45) is 0 Å². The molecule has 0 aliphatic heterocycles. The number of benzene rings is 2. The second kappa shape index (κ2) is 7.98. The van der Waals surface area contributed by atoms with E-state index in [0.717, 1.165) is 11.3 Å². The van der Waals surface area contributed by atoms with Crippen LogP contribution >= 0.6 is 0 Å².